The second kappa shape index (κ2) is 8.65. The zero-order chi connectivity index (χ0) is 18.5. The molecular formula is C22H19Br2NO. The van der Waals surface area contributed by atoms with Crippen LogP contribution in [0.25, 0.3) is 11.1 Å². The van der Waals surface area contributed by atoms with E-state index in [0.717, 1.165) is 20.9 Å². The molecule has 3 aromatic rings. The summed E-state index contributed by atoms with van der Waals surface area (Å²) in [5, 5.41) is 2.99. The van der Waals surface area contributed by atoms with Crippen LogP contribution in [0.5, 0.6) is 0 Å². The second-order valence-corrected chi connectivity index (χ2v) is 7.84. The molecule has 0 fully saturated rings. The number of rotatable bonds is 5. The van der Waals surface area contributed by atoms with Gasteiger partial charge in [0, 0.05) is 21.1 Å². The first-order chi connectivity index (χ1) is 12.5. The molecule has 3 aromatic carbocycles. The highest BCUT2D eigenvalue weighted by atomic mass is 79.9. The van der Waals surface area contributed by atoms with Crippen molar-refractivity contribution in [2.24, 2.45) is 0 Å². The van der Waals surface area contributed by atoms with Crippen LogP contribution in [0.15, 0.2) is 75.7 Å². The Morgan fingerprint density at radius 3 is 2.08 bits per heavy atom. The molecule has 3 rings (SSSR count). The van der Waals surface area contributed by atoms with Crippen molar-refractivity contribution in [3.8, 4) is 11.1 Å². The van der Waals surface area contributed by atoms with Gasteiger partial charge in [-0.1, -0.05) is 86.5 Å². The molecule has 0 heterocycles. The maximum absolute atomic E-state index is 12.3. The highest BCUT2D eigenvalue weighted by Crippen LogP contribution is 2.26. The summed E-state index contributed by atoms with van der Waals surface area (Å²) in [5.41, 5.74) is 5.35. The van der Waals surface area contributed by atoms with Gasteiger partial charge in [-0.3, -0.25) is 4.79 Å². The van der Waals surface area contributed by atoms with Gasteiger partial charge in [-0.2, -0.15) is 0 Å². The molecule has 0 bridgehead atoms. The van der Waals surface area contributed by atoms with Crippen LogP contribution in [0.1, 0.15) is 21.5 Å². The Morgan fingerprint density at radius 1 is 0.885 bits per heavy atom. The molecule has 2 nitrogen and oxygen atoms in total. The average Bonchev–Trinajstić information content (AvgIpc) is 2.67. The van der Waals surface area contributed by atoms with Gasteiger partial charge in [0.2, 0.25) is 0 Å². The molecule has 0 aliphatic carbocycles. The lowest BCUT2D eigenvalue weighted by Crippen LogP contribution is -2.25. The molecule has 132 valence electrons. The van der Waals surface area contributed by atoms with E-state index in [1.54, 1.807) is 0 Å². The van der Waals surface area contributed by atoms with Crippen LogP contribution in [-0.4, -0.2) is 12.5 Å². The van der Waals surface area contributed by atoms with Crippen molar-refractivity contribution in [2.45, 2.75) is 13.3 Å². The Hall–Kier alpha value is -1.91. The minimum atomic E-state index is -0.0627. The maximum atomic E-state index is 12.3. The first-order valence-electron chi connectivity index (χ1n) is 8.43. The third kappa shape index (κ3) is 4.63. The summed E-state index contributed by atoms with van der Waals surface area (Å²) in [5.74, 6) is -0.0627. The summed E-state index contributed by atoms with van der Waals surface area (Å²) >= 11 is 6.97. The fourth-order valence-corrected chi connectivity index (χ4v) is 3.88. The van der Waals surface area contributed by atoms with Crippen LogP contribution in [0, 0.1) is 6.92 Å². The normalized spacial score (nSPS) is 10.6. The lowest BCUT2D eigenvalue weighted by Gasteiger charge is -2.09. The summed E-state index contributed by atoms with van der Waals surface area (Å²) in [4.78, 5) is 12.3. The van der Waals surface area contributed by atoms with Crippen LogP contribution in [0.3, 0.4) is 0 Å². The van der Waals surface area contributed by atoms with Crippen molar-refractivity contribution < 1.29 is 4.79 Å². The van der Waals surface area contributed by atoms with Crippen LogP contribution in [-0.2, 0) is 6.42 Å². The molecule has 4 heteroatoms. The first kappa shape index (κ1) is 18.9. The number of amides is 1. The van der Waals surface area contributed by atoms with Crippen molar-refractivity contribution in [3.63, 3.8) is 0 Å². The quantitative estimate of drug-likeness (QED) is 0.473. The maximum Gasteiger partial charge on any atom is 0.251 e. The van der Waals surface area contributed by atoms with Gasteiger partial charge in [-0.25, -0.2) is 0 Å². The monoisotopic (exact) mass is 471 g/mol. The standard InChI is InChI=1S/C22H19Br2NO/c1-15-20(23)13-19(14-21(15)24)22(26)25-12-11-16-7-9-18(10-8-16)17-5-3-2-4-6-17/h2-10,13-14H,11-12H2,1H3,(H,25,26). The largest absolute Gasteiger partial charge is 0.352 e. The first-order valence-corrected chi connectivity index (χ1v) is 10.0. The van der Waals surface area contributed by atoms with Gasteiger partial charge in [0.25, 0.3) is 5.91 Å². The molecular weight excluding hydrogens is 454 g/mol. The zero-order valence-electron chi connectivity index (χ0n) is 14.4. The predicted molar refractivity (Wildman–Crippen MR) is 114 cm³/mol. The minimum absolute atomic E-state index is 0.0627. The smallest absolute Gasteiger partial charge is 0.251 e. The number of nitrogens with one attached hydrogen (secondary N) is 1. The molecule has 0 radical (unpaired) electrons. The van der Waals surface area contributed by atoms with E-state index in [0.29, 0.717) is 12.1 Å². The summed E-state index contributed by atoms with van der Waals surface area (Å²) in [6.45, 7) is 2.60. The van der Waals surface area contributed by atoms with Gasteiger partial charge in [-0.05, 0) is 47.7 Å². The molecule has 0 saturated heterocycles. The predicted octanol–water partition coefficient (Wildman–Crippen LogP) is 6.16. The Bertz CT molecular complexity index is 882. The number of carbonyl (C=O) groups is 1. The molecule has 26 heavy (non-hydrogen) atoms. The second-order valence-electron chi connectivity index (χ2n) is 6.13. The van der Waals surface area contributed by atoms with E-state index in [9.17, 15) is 4.79 Å². The van der Waals surface area contributed by atoms with E-state index < -0.39 is 0 Å². The fraction of sp³-hybridized carbons (Fsp3) is 0.136. The fourth-order valence-electron chi connectivity index (χ4n) is 2.69. The molecule has 0 saturated carbocycles. The van der Waals surface area contributed by atoms with Crippen molar-refractivity contribution >= 4 is 37.8 Å². The van der Waals surface area contributed by atoms with E-state index in [-0.39, 0.29) is 5.91 Å². The lowest BCUT2D eigenvalue weighted by molar-refractivity contribution is 0.0954. The summed E-state index contributed by atoms with van der Waals surface area (Å²) in [7, 11) is 0. The highest BCUT2D eigenvalue weighted by molar-refractivity contribution is 9.11. The molecule has 0 aliphatic rings. The summed E-state index contributed by atoms with van der Waals surface area (Å²) in [6, 6.07) is 22.5. The topological polar surface area (TPSA) is 29.1 Å². The van der Waals surface area contributed by atoms with Gasteiger partial charge in [-0.15, -0.1) is 0 Å². The molecule has 0 atom stereocenters. The van der Waals surface area contributed by atoms with Crippen molar-refractivity contribution in [1.29, 1.82) is 0 Å². The van der Waals surface area contributed by atoms with E-state index in [1.165, 1.54) is 16.7 Å². The third-order valence-electron chi connectivity index (χ3n) is 4.30. The van der Waals surface area contributed by atoms with Gasteiger partial charge < -0.3 is 5.32 Å². The third-order valence-corrected chi connectivity index (χ3v) is 5.95. The van der Waals surface area contributed by atoms with E-state index >= 15 is 0 Å². The Labute approximate surface area is 170 Å². The van der Waals surface area contributed by atoms with Crippen molar-refractivity contribution in [3.05, 3.63) is 92.4 Å². The van der Waals surface area contributed by atoms with Gasteiger partial charge in [0.15, 0.2) is 0 Å². The lowest BCUT2D eigenvalue weighted by atomic mass is 10.0. The van der Waals surface area contributed by atoms with Crippen molar-refractivity contribution in [2.75, 3.05) is 6.54 Å². The summed E-state index contributed by atoms with van der Waals surface area (Å²) in [6.07, 6.45) is 0.801. The number of hydrogen-bond acceptors (Lipinski definition) is 1. The number of hydrogen-bond donors (Lipinski definition) is 1. The molecule has 1 N–H and O–H groups in total. The van der Waals surface area contributed by atoms with Crippen molar-refractivity contribution in [1.82, 2.24) is 5.32 Å². The van der Waals surface area contributed by atoms with E-state index in [4.69, 9.17) is 0 Å². The Morgan fingerprint density at radius 2 is 1.46 bits per heavy atom. The molecule has 1 amide bonds. The summed E-state index contributed by atoms with van der Waals surface area (Å²) < 4.78 is 1.85. The number of benzene rings is 3. The van der Waals surface area contributed by atoms with Gasteiger partial charge >= 0.3 is 0 Å². The van der Waals surface area contributed by atoms with Crippen LogP contribution in [0.4, 0.5) is 0 Å². The van der Waals surface area contributed by atoms with Gasteiger partial charge in [0.05, 0.1) is 0 Å². The number of halogens is 2. The molecule has 0 aliphatic heterocycles. The number of carbonyl (C=O) groups excluding carboxylic acids is 1. The Balaban J connectivity index is 1.57. The molecule has 0 aromatic heterocycles. The average molecular weight is 473 g/mol. The molecule has 0 spiro atoms. The SMILES string of the molecule is Cc1c(Br)cc(C(=O)NCCc2ccc(-c3ccccc3)cc2)cc1Br. The molecule has 0 unspecified atom stereocenters. The Kier molecular flexibility index (Phi) is 6.28. The van der Waals surface area contributed by atoms with Gasteiger partial charge in [0.1, 0.15) is 0 Å². The van der Waals surface area contributed by atoms with E-state index in [1.807, 2.05) is 37.3 Å². The van der Waals surface area contributed by atoms with E-state index in [2.05, 4.69) is 73.6 Å². The van der Waals surface area contributed by atoms with Crippen LogP contribution in [0.2, 0.25) is 0 Å². The van der Waals surface area contributed by atoms with Crippen LogP contribution < -0.4 is 5.32 Å². The zero-order valence-corrected chi connectivity index (χ0v) is 17.6. The van der Waals surface area contributed by atoms with Crippen LogP contribution >= 0.6 is 31.9 Å². The minimum Gasteiger partial charge on any atom is -0.352 e. The highest BCUT2D eigenvalue weighted by Gasteiger charge is 2.10.